The van der Waals surface area contributed by atoms with E-state index in [1.165, 1.54) is 12.1 Å². The first-order valence-corrected chi connectivity index (χ1v) is 15.3. The zero-order valence-corrected chi connectivity index (χ0v) is 25.6. The fourth-order valence-corrected chi connectivity index (χ4v) is 4.20. The topological polar surface area (TPSA) is 259 Å². The first-order valence-electron chi connectivity index (χ1n) is 15.3. The quantitative estimate of drug-likeness (QED) is 0.0303. The van der Waals surface area contributed by atoms with E-state index in [-0.39, 0.29) is 30.2 Å². The minimum Gasteiger partial charge on any atom is -0.508 e. The van der Waals surface area contributed by atoms with Crippen LogP contribution in [0.2, 0.25) is 0 Å². The number of hydrogen-bond acceptors (Lipinski definition) is 12. The van der Waals surface area contributed by atoms with Crippen molar-refractivity contribution >= 4 is 24.0 Å². The lowest BCUT2D eigenvalue weighted by atomic mass is 10.1. The number of amides is 3. The van der Waals surface area contributed by atoms with E-state index in [2.05, 4.69) is 31.9 Å². The summed E-state index contributed by atoms with van der Waals surface area (Å²) in [5.41, 5.74) is 17.0. The number of carbonyl (C=O) groups is 4. The summed E-state index contributed by atoms with van der Waals surface area (Å²) >= 11 is 0. The molecule has 1 aromatic rings. The summed E-state index contributed by atoms with van der Waals surface area (Å²) in [5, 5.41) is 37.0. The third-order valence-electron chi connectivity index (χ3n) is 6.68. The van der Waals surface area contributed by atoms with Crippen molar-refractivity contribution in [2.24, 2.45) is 17.2 Å². The number of rotatable bonds is 26. The van der Waals surface area contributed by atoms with Crippen molar-refractivity contribution in [1.29, 1.82) is 0 Å². The van der Waals surface area contributed by atoms with Crippen LogP contribution in [0.5, 0.6) is 11.5 Å². The lowest BCUT2D eigenvalue weighted by molar-refractivity contribution is -0.129. The molecule has 0 aliphatic carbocycles. The Morgan fingerprint density at radius 3 is 2.05 bits per heavy atom. The van der Waals surface area contributed by atoms with Gasteiger partial charge in [0.25, 0.3) is 0 Å². The predicted octanol–water partition coefficient (Wildman–Crippen LogP) is -2.03. The molecule has 250 valence electrons. The van der Waals surface area contributed by atoms with Gasteiger partial charge in [0.1, 0.15) is 30.1 Å². The molecule has 0 saturated carbocycles. The van der Waals surface area contributed by atoms with Gasteiger partial charge in [-0.15, -0.1) is 0 Å². The van der Waals surface area contributed by atoms with Crippen molar-refractivity contribution in [3.8, 4) is 11.5 Å². The molecule has 14 N–H and O–H groups in total. The van der Waals surface area contributed by atoms with Crippen LogP contribution in [-0.2, 0) is 25.6 Å². The highest BCUT2D eigenvalue weighted by atomic mass is 16.3. The maximum absolute atomic E-state index is 12.5. The molecule has 0 heterocycles. The summed E-state index contributed by atoms with van der Waals surface area (Å²) in [6.07, 6.45) is 5.36. The van der Waals surface area contributed by atoms with E-state index >= 15 is 0 Å². The molecule has 3 amide bonds. The minimum absolute atomic E-state index is 0.126. The summed E-state index contributed by atoms with van der Waals surface area (Å²) in [6.45, 7) is 5.04. The largest absolute Gasteiger partial charge is 0.508 e. The first-order chi connectivity index (χ1) is 21.1. The molecule has 0 radical (unpaired) electrons. The van der Waals surface area contributed by atoms with Gasteiger partial charge in [-0.1, -0.05) is 12.5 Å². The molecule has 15 heteroatoms. The summed E-state index contributed by atoms with van der Waals surface area (Å²) in [7, 11) is 0. The van der Waals surface area contributed by atoms with Crippen LogP contribution < -0.4 is 49.1 Å². The van der Waals surface area contributed by atoms with Crippen molar-refractivity contribution in [2.75, 3.05) is 45.8 Å². The van der Waals surface area contributed by atoms with Crippen molar-refractivity contribution in [1.82, 2.24) is 31.9 Å². The third-order valence-corrected chi connectivity index (χ3v) is 6.68. The van der Waals surface area contributed by atoms with Gasteiger partial charge in [0.15, 0.2) is 0 Å². The second-order valence-corrected chi connectivity index (χ2v) is 10.6. The average Bonchev–Trinajstić information content (AvgIpc) is 2.98. The van der Waals surface area contributed by atoms with Crippen LogP contribution in [-0.4, -0.2) is 98.4 Å². The number of unbranched alkanes of at least 4 members (excludes halogenated alkanes) is 2. The second-order valence-electron chi connectivity index (χ2n) is 10.6. The summed E-state index contributed by atoms with van der Waals surface area (Å²) in [6, 6.07) is 2.36. The van der Waals surface area contributed by atoms with E-state index in [0.717, 1.165) is 70.8 Å². The Kier molecular flexibility index (Phi) is 21.1. The van der Waals surface area contributed by atoms with E-state index in [4.69, 9.17) is 17.2 Å². The van der Waals surface area contributed by atoms with Gasteiger partial charge in [-0.25, -0.2) is 0 Å². The normalized spacial score (nSPS) is 12.5. The van der Waals surface area contributed by atoms with Gasteiger partial charge >= 0.3 is 0 Å². The molecule has 0 saturated heterocycles. The van der Waals surface area contributed by atoms with Crippen LogP contribution >= 0.6 is 0 Å². The molecule has 1 aromatic carbocycles. The molecule has 0 aliphatic heterocycles. The van der Waals surface area contributed by atoms with E-state index < -0.39 is 30.2 Å². The summed E-state index contributed by atoms with van der Waals surface area (Å²) in [4.78, 5) is 47.8. The summed E-state index contributed by atoms with van der Waals surface area (Å²) in [5.74, 6) is -1.46. The van der Waals surface area contributed by atoms with Crippen LogP contribution in [0.25, 0.3) is 0 Å². The fourth-order valence-electron chi connectivity index (χ4n) is 4.20. The predicted molar refractivity (Wildman–Crippen MR) is 168 cm³/mol. The molecule has 0 spiro atoms. The number of phenols is 2. The Bertz CT molecular complexity index is 983. The highest BCUT2D eigenvalue weighted by molar-refractivity contribution is 5.90. The molecule has 44 heavy (non-hydrogen) atoms. The molecular weight excluding hydrogens is 570 g/mol. The zero-order chi connectivity index (χ0) is 32.6. The van der Waals surface area contributed by atoms with E-state index in [1.54, 1.807) is 0 Å². The number of nitrogens with two attached hydrogens (primary N) is 3. The van der Waals surface area contributed by atoms with Crippen molar-refractivity contribution in [3.63, 3.8) is 0 Å². The van der Waals surface area contributed by atoms with Gasteiger partial charge in [-0.2, -0.15) is 0 Å². The fraction of sp³-hybridized carbons (Fsp3) is 0.655. The molecule has 2 unspecified atom stereocenters. The first kappa shape index (κ1) is 38.7. The smallest absolute Gasteiger partial charge is 0.243 e. The molecule has 0 aromatic heterocycles. The van der Waals surface area contributed by atoms with Crippen LogP contribution in [0.4, 0.5) is 0 Å². The molecule has 2 atom stereocenters. The van der Waals surface area contributed by atoms with E-state index in [9.17, 15) is 29.4 Å². The maximum atomic E-state index is 12.5. The Hall–Kier alpha value is -3.34. The van der Waals surface area contributed by atoms with Crippen LogP contribution in [0, 0.1) is 0 Å². The van der Waals surface area contributed by atoms with Gasteiger partial charge in [0, 0.05) is 31.1 Å². The lowest BCUT2D eigenvalue weighted by Gasteiger charge is -2.16. The number of aldehydes is 1. The minimum atomic E-state index is -0.994. The highest BCUT2D eigenvalue weighted by Crippen LogP contribution is 2.22. The Labute approximate surface area is 259 Å². The van der Waals surface area contributed by atoms with Crippen LogP contribution in [0.3, 0.4) is 0 Å². The summed E-state index contributed by atoms with van der Waals surface area (Å²) < 4.78 is 0. The monoisotopic (exact) mass is 623 g/mol. The van der Waals surface area contributed by atoms with Gasteiger partial charge in [0.2, 0.25) is 17.7 Å². The number of hydrogen-bond donors (Lipinski definition) is 11. The molecule has 15 nitrogen and oxygen atoms in total. The SMILES string of the molecule is NC(N)NCCCC(N)C(=O)NCCCNCCCNCCCCCNC(=O)C(CC=O)NC(=O)Cc1ccc(O)cc1O. The molecule has 1 rings (SSSR count). The molecule has 0 bridgehead atoms. The second kappa shape index (κ2) is 24.0. The maximum Gasteiger partial charge on any atom is 0.243 e. The van der Waals surface area contributed by atoms with Gasteiger partial charge in [0.05, 0.1) is 12.5 Å². The number of aromatic hydroxyl groups is 2. The number of phenolic OH excluding ortho intramolecular Hbond substituents is 2. The number of carbonyl (C=O) groups excluding carboxylic acids is 4. The van der Waals surface area contributed by atoms with Crippen molar-refractivity contribution < 1.29 is 29.4 Å². The Morgan fingerprint density at radius 2 is 1.39 bits per heavy atom. The lowest BCUT2D eigenvalue weighted by Crippen LogP contribution is -2.47. The highest BCUT2D eigenvalue weighted by Gasteiger charge is 2.21. The van der Waals surface area contributed by atoms with E-state index in [0.29, 0.717) is 37.9 Å². The van der Waals surface area contributed by atoms with Gasteiger partial charge < -0.3 is 58.8 Å². The standard InChI is InChI=1S/C29H53N9O6/c30-23(7-4-16-37-29(31)32)27(43)35-17-6-14-34-13-5-12-33-11-2-1-3-15-36-28(44)24(10-18-39)38-26(42)19-21-8-9-22(40)20-25(21)41/h8-9,18,20,23-24,29,33-34,37,40-41H,1-7,10-17,19,30-32H2,(H,35,43)(H,36,44)(H,38,42). The number of benzene rings is 1. The Morgan fingerprint density at radius 1 is 0.773 bits per heavy atom. The third kappa shape index (κ3) is 19.0. The molecular formula is C29H53N9O6. The Balaban J connectivity index is 2.00. The molecule has 0 aliphatic rings. The average molecular weight is 624 g/mol. The zero-order valence-electron chi connectivity index (χ0n) is 25.6. The van der Waals surface area contributed by atoms with E-state index in [1.807, 2.05) is 0 Å². The van der Waals surface area contributed by atoms with Gasteiger partial charge in [-0.3, -0.25) is 19.7 Å². The molecule has 0 fully saturated rings. The van der Waals surface area contributed by atoms with Crippen molar-refractivity contribution in [3.05, 3.63) is 23.8 Å². The van der Waals surface area contributed by atoms with Gasteiger partial charge in [-0.05, 0) is 77.3 Å². The number of nitrogens with one attached hydrogen (secondary N) is 6. The van der Waals surface area contributed by atoms with Crippen LogP contribution in [0.15, 0.2) is 18.2 Å². The van der Waals surface area contributed by atoms with Crippen LogP contribution in [0.1, 0.15) is 56.9 Å². The van der Waals surface area contributed by atoms with Crippen molar-refractivity contribution in [2.45, 2.75) is 76.2 Å².